The van der Waals surface area contributed by atoms with Gasteiger partial charge in [0, 0.05) is 18.1 Å². The van der Waals surface area contributed by atoms with Gasteiger partial charge in [0.05, 0.1) is 16.8 Å². The van der Waals surface area contributed by atoms with Crippen molar-refractivity contribution in [3.63, 3.8) is 0 Å². The van der Waals surface area contributed by atoms with Crippen molar-refractivity contribution in [3.05, 3.63) is 71.4 Å². The maximum absolute atomic E-state index is 9.29. The Bertz CT molecular complexity index is 831. The van der Waals surface area contributed by atoms with Gasteiger partial charge in [-0.25, -0.2) is 0 Å². The molecule has 2 aromatic carbocycles. The summed E-state index contributed by atoms with van der Waals surface area (Å²) in [7, 11) is 0. The van der Waals surface area contributed by atoms with E-state index in [4.69, 9.17) is 0 Å². The summed E-state index contributed by atoms with van der Waals surface area (Å²) in [6.07, 6.45) is 1.63. The lowest BCUT2D eigenvalue weighted by molar-refractivity contribution is 1.14. The van der Waals surface area contributed by atoms with E-state index in [2.05, 4.69) is 41.5 Å². The summed E-state index contributed by atoms with van der Waals surface area (Å²) in [6.45, 7) is 2.76. The number of pyridine rings is 1. The van der Waals surface area contributed by atoms with Gasteiger partial charge in [-0.2, -0.15) is 5.26 Å². The number of rotatable bonds is 3. The van der Waals surface area contributed by atoms with E-state index in [0.717, 1.165) is 16.6 Å². The Hall–Kier alpha value is -2.86. The highest BCUT2D eigenvalue weighted by molar-refractivity contribution is 5.93. The van der Waals surface area contributed by atoms with Crippen molar-refractivity contribution >= 4 is 16.6 Å². The zero-order valence-corrected chi connectivity index (χ0v) is 11.8. The third-order valence-electron chi connectivity index (χ3n) is 3.45. The van der Waals surface area contributed by atoms with Crippen molar-refractivity contribution in [1.29, 1.82) is 5.26 Å². The highest BCUT2D eigenvalue weighted by atomic mass is 14.9. The van der Waals surface area contributed by atoms with Crippen molar-refractivity contribution < 1.29 is 0 Å². The van der Waals surface area contributed by atoms with Crippen LogP contribution >= 0.6 is 0 Å². The Balaban J connectivity index is 1.98. The smallest absolute Gasteiger partial charge is 0.103 e. The monoisotopic (exact) mass is 273 g/mol. The van der Waals surface area contributed by atoms with Gasteiger partial charge < -0.3 is 5.32 Å². The van der Waals surface area contributed by atoms with E-state index in [1.54, 1.807) is 6.20 Å². The van der Waals surface area contributed by atoms with Crippen LogP contribution in [-0.4, -0.2) is 4.98 Å². The second-order valence-electron chi connectivity index (χ2n) is 5.02. The van der Waals surface area contributed by atoms with Gasteiger partial charge >= 0.3 is 0 Å². The molecule has 0 unspecified atom stereocenters. The van der Waals surface area contributed by atoms with Crippen LogP contribution in [0.4, 0.5) is 5.69 Å². The maximum atomic E-state index is 9.29. The van der Waals surface area contributed by atoms with Crippen LogP contribution in [0.15, 0.2) is 54.7 Å². The molecule has 0 fully saturated rings. The molecule has 3 aromatic rings. The number of nitriles is 1. The molecule has 21 heavy (non-hydrogen) atoms. The number of benzene rings is 2. The van der Waals surface area contributed by atoms with Gasteiger partial charge in [0.1, 0.15) is 6.07 Å². The number of para-hydroxylation sites is 1. The molecule has 0 atom stereocenters. The quantitative estimate of drug-likeness (QED) is 0.783. The third-order valence-corrected chi connectivity index (χ3v) is 3.45. The normalized spacial score (nSPS) is 10.3. The summed E-state index contributed by atoms with van der Waals surface area (Å²) in [4.78, 5) is 4.32. The zero-order chi connectivity index (χ0) is 14.7. The topological polar surface area (TPSA) is 48.7 Å². The van der Waals surface area contributed by atoms with Gasteiger partial charge in [0.2, 0.25) is 0 Å². The molecule has 0 aliphatic carbocycles. The molecule has 0 saturated heterocycles. The van der Waals surface area contributed by atoms with Crippen LogP contribution in [0.25, 0.3) is 10.9 Å². The fraction of sp³-hybridized carbons (Fsp3) is 0.111. The average Bonchev–Trinajstić information content (AvgIpc) is 2.52. The first-order valence-electron chi connectivity index (χ1n) is 6.85. The molecule has 0 spiro atoms. The third kappa shape index (κ3) is 2.70. The standard InChI is InChI=1S/C18H15N3/c1-13-5-4-6-14(9-13)11-21-18-15(10-19)12-20-17-8-3-2-7-16(17)18/h2-9,12H,11H2,1H3,(H,20,21). The van der Waals surface area contributed by atoms with Gasteiger partial charge in [-0.3, -0.25) is 4.98 Å². The molecule has 3 rings (SSSR count). The number of nitrogens with zero attached hydrogens (tertiary/aromatic N) is 2. The molecule has 3 heteroatoms. The number of aryl methyl sites for hydroxylation is 1. The zero-order valence-electron chi connectivity index (χ0n) is 11.8. The Kier molecular flexibility index (Phi) is 3.53. The average molecular weight is 273 g/mol. The molecular weight excluding hydrogens is 258 g/mol. The molecule has 1 N–H and O–H groups in total. The summed E-state index contributed by atoms with van der Waals surface area (Å²) in [5.41, 5.74) is 4.74. The summed E-state index contributed by atoms with van der Waals surface area (Å²) in [5.74, 6) is 0. The number of anilines is 1. The van der Waals surface area contributed by atoms with Gasteiger partial charge in [-0.1, -0.05) is 48.0 Å². The number of hydrogen-bond donors (Lipinski definition) is 1. The van der Waals surface area contributed by atoms with Gasteiger partial charge in [-0.15, -0.1) is 0 Å². The minimum absolute atomic E-state index is 0.571. The lowest BCUT2D eigenvalue weighted by Gasteiger charge is -2.11. The van der Waals surface area contributed by atoms with Gasteiger partial charge in [-0.05, 0) is 18.6 Å². The van der Waals surface area contributed by atoms with Gasteiger partial charge in [0.25, 0.3) is 0 Å². The van der Waals surface area contributed by atoms with Crippen LogP contribution in [0.1, 0.15) is 16.7 Å². The number of fused-ring (bicyclic) bond motifs is 1. The van der Waals surface area contributed by atoms with Crippen molar-refractivity contribution in [1.82, 2.24) is 4.98 Å². The Labute approximate surface area is 123 Å². The first kappa shape index (κ1) is 13.1. The summed E-state index contributed by atoms with van der Waals surface area (Å²) in [6, 6.07) is 18.4. The second-order valence-corrected chi connectivity index (χ2v) is 5.02. The van der Waals surface area contributed by atoms with Crippen molar-refractivity contribution in [2.75, 3.05) is 5.32 Å². The lowest BCUT2D eigenvalue weighted by atomic mass is 10.1. The van der Waals surface area contributed by atoms with E-state index in [1.807, 2.05) is 30.3 Å². The Morgan fingerprint density at radius 3 is 2.81 bits per heavy atom. The minimum atomic E-state index is 0.571. The van der Waals surface area contributed by atoms with Crippen LogP contribution in [0, 0.1) is 18.3 Å². The second kappa shape index (κ2) is 5.64. The van der Waals surface area contributed by atoms with E-state index >= 15 is 0 Å². The summed E-state index contributed by atoms with van der Waals surface area (Å²) in [5, 5.41) is 13.7. The van der Waals surface area contributed by atoms with Crippen molar-refractivity contribution in [2.24, 2.45) is 0 Å². The Morgan fingerprint density at radius 2 is 2.00 bits per heavy atom. The van der Waals surface area contributed by atoms with Crippen LogP contribution in [0.2, 0.25) is 0 Å². The first-order chi connectivity index (χ1) is 10.3. The molecular formula is C18H15N3. The molecule has 0 aliphatic heterocycles. The molecule has 102 valence electrons. The van der Waals surface area contributed by atoms with Crippen molar-refractivity contribution in [3.8, 4) is 6.07 Å². The fourth-order valence-electron chi connectivity index (χ4n) is 2.43. The Morgan fingerprint density at radius 1 is 1.14 bits per heavy atom. The largest absolute Gasteiger partial charge is 0.379 e. The molecule has 0 radical (unpaired) electrons. The number of nitrogens with one attached hydrogen (secondary N) is 1. The summed E-state index contributed by atoms with van der Waals surface area (Å²) < 4.78 is 0. The molecule has 1 aromatic heterocycles. The molecule has 0 saturated carbocycles. The molecule has 0 amide bonds. The van der Waals surface area contributed by atoms with E-state index in [0.29, 0.717) is 12.1 Å². The maximum Gasteiger partial charge on any atom is 0.103 e. The minimum Gasteiger partial charge on any atom is -0.379 e. The van der Waals surface area contributed by atoms with Crippen LogP contribution in [0.5, 0.6) is 0 Å². The molecule has 0 bridgehead atoms. The van der Waals surface area contributed by atoms with E-state index in [9.17, 15) is 5.26 Å². The predicted octanol–water partition coefficient (Wildman–Crippen LogP) is 4.03. The molecule has 0 aliphatic rings. The predicted molar refractivity (Wildman–Crippen MR) is 85.0 cm³/mol. The summed E-state index contributed by atoms with van der Waals surface area (Å²) >= 11 is 0. The van der Waals surface area contributed by atoms with Crippen LogP contribution in [-0.2, 0) is 6.54 Å². The SMILES string of the molecule is Cc1cccc(CNc2c(C#N)cnc3ccccc23)c1. The van der Waals surface area contributed by atoms with Gasteiger partial charge in [0.15, 0.2) is 0 Å². The highest BCUT2D eigenvalue weighted by Crippen LogP contribution is 2.25. The van der Waals surface area contributed by atoms with E-state index in [-0.39, 0.29) is 0 Å². The molecule has 3 nitrogen and oxygen atoms in total. The highest BCUT2D eigenvalue weighted by Gasteiger charge is 2.08. The van der Waals surface area contributed by atoms with Crippen LogP contribution in [0.3, 0.4) is 0 Å². The van der Waals surface area contributed by atoms with E-state index in [1.165, 1.54) is 11.1 Å². The number of aromatic nitrogens is 1. The van der Waals surface area contributed by atoms with E-state index < -0.39 is 0 Å². The first-order valence-corrected chi connectivity index (χ1v) is 6.85. The number of hydrogen-bond acceptors (Lipinski definition) is 3. The van der Waals surface area contributed by atoms with Crippen molar-refractivity contribution in [2.45, 2.75) is 13.5 Å². The lowest BCUT2D eigenvalue weighted by Crippen LogP contribution is -2.03. The van der Waals surface area contributed by atoms with Crippen LogP contribution < -0.4 is 5.32 Å². The molecule has 1 heterocycles. The fourth-order valence-corrected chi connectivity index (χ4v) is 2.43.